The first-order chi connectivity index (χ1) is 13.5. The zero-order valence-corrected chi connectivity index (χ0v) is 16.7. The number of likely N-dealkylation sites (tertiary alicyclic amines) is 1. The molecule has 2 N–H and O–H groups in total. The Morgan fingerprint density at radius 3 is 2.29 bits per heavy atom. The smallest absolute Gasteiger partial charge is 0.125 e. The molecule has 2 aromatic carbocycles. The number of ether oxygens (including phenoxy) is 1. The third-order valence-electron chi connectivity index (χ3n) is 7.74. The summed E-state index contributed by atoms with van der Waals surface area (Å²) in [5.74, 6) is 0.972. The Morgan fingerprint density at radius 2 is 1.75 bits per heavy atom. The second-order valence-electron chi connectivity index (χ2n) is 9.08. The SMILES string of the molecule is CC[C@]1(c2cc(N)cc(F)c2)[C@@H]2CN(CC3(OC)Cc4ccccc4C3)C[C@@H]21. The van der Waals surface area contributed by atoms with Crippen LogP contribution < -0.4 is 5.73 Å². The lowest BCUT2D eigenvalue weighted by atomic mass is 9.87. The summed E-state index contributed by atoms with van der Waals surface area (Å²) in [4.78, 5) is 2.57. The average Bonchev–Trinajstić information content (AvgIpc) is 2.97. The molecule has 1 aliphatic heterocycles. The van der Waals surface area contributed by atoms with E-state index >= 15 is 0 Å². The van der Waals surface area contributed by atoms with E-state index in [0.717, 1.165) is 44.5 Å². The third-order valence-corrected chi connectivity index (χ3v) is 7.74. The maximum Gasteiger partial charge on any atom is 0.125 e. The molecule has 0 unspecified atom stereocenters. The number of methoxy groups -OCH3 is 1. The van der Waals surface area contributed by atoms with E-state index in [2.05, 4.69) is 36.1 Å². The summed E-state index contributed by atoms with van der Waals surface area (Å²) in [7, 11) is 1.86. The molecule has 4 heteroatoms. The van der Waals surface area contributed by atoms with Gasteiger partial charge in [-0.25, -0.2) is 4.39 Å². The number of rotatable bonds is 5. The number of nitrogens with zero attached hydrogens (tertiary/aromatic N) is 1. The molecule has 5 rings (SSSR count). The Balaban J connectivity index is 1.31. The minimum absolute atomic E-state index is 0.103. The van der Waals surface area contributed by atoms with E-state index in [1.165, 1.54) is 17.2 Å². The molecule has 1 saturated heterocycles. The minimum atomic E-state index is -0.216. The zero-order chi connectivity index (χ0) is 19.5. The standard InChI is InChI=1S/C24H29FN2O/c1-3-24(18-8-19(25)10-20(26)9-18)21-13-27(14-22(21)24)15-23(28-2)11-16-6-4-5-7-17(16)12-23/h4-10,21-22H,3,11-15,26H2,1-2H3/t21-,22+,24+. The van der Waals surface area contributed by atoms with E-state index in [-0.39, 0.29) is 16.8 Å². The highest BCUT2D eigenvalue weighted by atomic mass is 19.1. The van der Waals surface area contributed by atoms with Crippen molar-refractivity contribution in [2.75, 3.05) is 32.5 Å². The number of benzene rings is 2. The average molecular weight is 381 g/mol. The van der Waals surface area contributed by atoms with E-state index in [1.54, 1.807) is 6.07 Å². The van der Waals surface area contributed by atoms with Crippen LogP contribution in [0, 0.1) is 17.7 Å². The van der Waals surface area contributed by atoms with Crippen molar-refractivity contribution in [3.8, 4) is 0 Å². The van der Waals surface area contributed by atoms with Gasteiger partial charge in [0.05, 0.1) is 5.60 Å². The van der Waals surface area contributed by atoms with Crippen molar-refractivity contribution in [1.82, 2.24) is 4.90 Å². The van der Waals surface area contributed by atoms with Gasteiger partial charge in [0.15, 0.2) is 0 Å². The van der Waals surface area contributed by atoms with Gasteiger partial charge in [-0.1, -0.05) is 31.2 Å². The zero-order valence-electron chi connectivity index (χ0n) is 16.7. The fourth-order valence-electron chi connectivity index (χ4n) is 6.37. The highest BCUT2D eigenvalue weighted by Gasteiger charge is 2.67. The van der Waals surface area contributed by atoms with Gasteiger partial charge < -0.3 is 10.5 Å². The van der Waals surface area contributed by atoms with Gasteiger partial charge >= 0.3 is 0 Å². The van der Waals surface area contributed by atoms with Crippen molar-refractivity contribution in [1.29, 1.82) is 0 Å². The Kier molecular flexibility index (Phi) is 4.08. The van der Waals surface area contributed by atoms with Crippen LogP contribution in [0.2, 0.25) is 0 Å². The fourth-order valence-corrected chi connectivity index (χ4v) is 6.37. The van der Waals surface area contributed by atoms with Gasteiger partial charge in [0.1, 0.15) is 5.82 Å². The molecule has 0 spiro atoms. The van der Waals surface area contributed by atoms with E-state index in [1.807, 2.05) is 13.2 Å². The Hall–Kier alpha value is -1.91. The van der Waals surface area contributed by atoms with Gasteiger partial charge in [-0.3, -0.25) is 4.90 Å². The minimum Gasteiger partial charge on any atom is -0.399 e. The fraction of sp³-hybridized carbons (Fsp3) is 0.500. The number of nitrogens with two attached hydrogens (primary N) is 1. The molecule has 3 atom stereocenters. The van der Waals surface area contributed by atoms with Gasteiger partial charge in [-0.05, 0) is 53.1 Å². The van der Waals surface area contributed by atoms with Crippen LogP contribution in [-0.4, -0.2) is 37.2 Å². The van der Waals surface area contributed by atoms with Gasteiger partial charge in [0.25, 0.3) is 0 Å². The molecule has 2 fully saturated rings. The summed E-state index contributed by atoms with van der Waals surface area (Å²) in [6, 6.07) is 13.8. The van der Waals surface area contributed by atoms with Crippen LogP contribution in [0.15, 0.2) is 42.5 Å². The van der Waals surface area contributed by atoms with Gasteiger partial charge in [-0.2, -0.15) is 0 Å². The highest BCUT2D eigenvalue weighted by Crippen LogP contribution is 2.65. The van der Waals surface area contributed by atoms with Crippen LogP contribution >= 0.6 is 0 Å². The number of hydrogen-bond acceptors (Lipinski definition) is 3. The molecule has 2 aliphatic carbocycles. The highest BCUT2D eigenvalue weighted by molar-refractivity contribution is 5.48. The molecule has 0 aromatic heterocycles. The summed E-state index contributed by atoms with van der Waals surface area (Å²) in [5, 5.41) is 0. The van der Waals surface area contributed by atoms with Crippen LogP contribution in [0.5, 0.6) is 0 Å². The lowest BCUT2D eigenvalue weighted by Crippen LogP contribution is -2.46. The largest absolute Gasteiger partial charge is 0.399 e. The Morgan fingerprint density at radius 1 is 1.11 bits per heavy atom. The first-order valence-electron chi connectivity index (χ1n) is 10.4. The molecular weight excluding hydrogens is 351 g/mol. The Labute approximate surface area is 166 Å². The van der Waals surface area contributed by atoms with Gasteiger partial charge in [0, 0.05) is 50.7 Å². The molecule has 0 amide bonds. The van der Waals surface area contributed by atoms with E-state index in [0.29, 0.717) is 17.5 Å². The summed E-state index contributed by atoms with van der Waals surface area (Å²) < 4.78 is 20.0. The van der Waals surface area contributed by atoms with Crippen molar-refractivity contribution in [2.45, 2.75) is 37.2 Å². The normalized spacial score (nSPS) is 30.2. The molecule has 0 radical (unpaired) electrons. The number of hydrogen-bond donors (Lipinski definition) is 1. The number of fused-ring (bicyclic) bond motifs is 2. The number of nitrogen functional groups attached to an aromatic ring is 1. The van der Waals surface area contributed by atoms with Crippen LogP contribution in [0.1, 0.15) is 30.0 Å². The summed E-state index contributed by atoms with van der Waals surface area (Å²) in [5.41, 5.74) is 10.4. The lowest BCUT2D eigenvalue weighted by Gasteiger charge is -2.35. The quantitative estimate of drug-likeness (QED) is 0.802. The first kappa shape index (κ1) is 18.1. The van der Waals surface area contributed by atoms with Crippen molar-refractivity contribution >= 4 is 5.69 Å². The molecule has 1 heterocycles. The van der Waals surface area contributed by atoms with Crippen LogP contribution in [0.25, 0.3) is 0 Å². The molecule has 148 valence electrons. The monoisotopic (exact) mass is 380 g/mol. The molecular formula is C24H29FN2O. The van der Waals surface area contributed by atoms with Crippen molar-refractivity contribution in [2.24, 2.45) is 11.8 Å². The predicted molar refractivity (Wildman–Crippen MR) is 110 cm³/mol. The first-order valence-corrected chi connectivity index (χ1v) is 10.4. The summed E-state index contributed by atoms with van der Waals surface area (Å²) in [6.07, 6.45) is 3.02. The van der Waals surface area contributed by atoms with Crippen molar-refractivity contribution in [3.63, 3.8) is 0 Å². The number of halogens is 1. The van der Waals surface area contributed by atoms with E-state index in [9.17, 15) is 4.39 Å². The van der Waals surface area contributed by atoms with Crippen molar-refractivity contribution < 1.29 is 9.13 Å². The molecule has 28 heavy (non-hydrogen) atoms. The lowest BCUT2D eigenvalue weighted by molar-refractivity contribution is -0.0276. The Bertz CT molecular complexity index is 854. The third kappa shape index (κ3) is 2.61. The van der Waals surface area contributed by atoms with E-state index < -0.39 is 0 Å². The summed E-state index contributed by atoms with van der Waals surface area (Å²) >= 11 is 0. The maximum atomic E-state index is 14.0. The van der Waals surface area contributed by atoms with Crippen LogP contribution in [-0.2, 0) is 23.0 Å². The second-order valence-corrected chi connectivity index (χ2v) is 9.08. The van der Waals surface area contributed by atoms with Crippen LogP contribution in [0.4, 0.5) is 10.1 Å². The number of anilines is 1. The van der Waals surface area contributed by atoms with Crippen LogP contribution in [0.3, 0.4) is 0 Å². The van der Waals surface area contributed by atoms with Crippen molar-refractivity contribution in [3.05, 3.63) is 65.0 Å². The second kappa shape index (κ2) is 6.30. The number of piperidine rings is 1. The van der Waals surface area contributed by atoms with E-state index in [4.69, 9.17) is 10.5 Å². The molecule has 2 aromatic rings. The predicted octanol–water partition coefficient (Wildman–Crippen LogP) is 3.80. The summed E-state index contributed by atoms with van der Waals surface area (Å²) in [6.45, 7) is 5.33. The topological polar surface area (TPSA) is 38.5 Å². The molecule has 0 bridgehead atoms. The molecule has 3 nitrogen and oxygen atoms in total. The molecule has 1 saturated carbocycles. The molecule has 3 aliphatic rings. The van der Waals surface area contributed by atoms with Gasteiger partial charge in [0.2, 0.25) is 0 Å². The van der Waals surface area contributed by atoms with Gasteiger partial charge in [-0.15, -0.1) is 0 Å². The maximum absolute atomic E-state index is 14.0.